The largest absolute Gasteiger partial charge is 0.389 e. The normalized spacial score (nSPS) is 23.1. The van der Waals surface area contributed by atoms with Crippen molar-refractivity contribution < 1.29 is 14.6 Å². The van der Waals surface area contributed by atoms with Gasteiger partial charge in [0.25, 0.3) is 0 Å². The van der Waals surface area contributed by atoms with E-state index in [0.29, 0.717) is 26.4 Å². The van der Waals surface area contributed by atoms with Crippen molar-refractivity contribution in [2.75, 3.05) is 60.2 Å². The molecule has 2 N–H and O–H groups in total. The van der Waals surface area contributed by atoms with Crippen molar-refractivity contribution in [3.05, 3.63) is 0 Å². The third kappa shape index (κ3) is 6.33. The van der Waals surface area contributed by atoms with Crippen molar-refractivity contribution >= 4 is 0 Å². The van der Waals surface area contributed by atoms with Gasteiger partial charge in [0, 0.05) is 20.2 Å². The molecule has 5 heteroatoms. The number of nitrogens with zero attached hydrogens (tertiary/aromatic N) is 1. The molecular weight excluding hydrogens is 220 g/mol. The fraction of sp³-hybridized carbons (Fsp3) is 1.00. The van der Waals surface area contributed by atoms with Crippen LogP contribution in [0.5, 0.6) is 0 Å². The highest BCUT2D eigenvalue weighted by Gasteiger charge is 2.23. The number of aliphatic hydroxyl groups is 1. The number of hydrogen-bond acceptors (Lipinski definition) is 5. The minimum absolute atomic E-state index is 0.389. The van der Waals surface area contributed by atoms with Crippen molar-refractivity contribution in [1.29, 1.82) is 0 Å². The smallest absolute Gasteiger partial charge is 0.0900 e. The lowest BCUT2D eigenvalue weighted by molar-refractivity contribution is 0.00177. The Morgan fingerprint density at radius 3 is 3.00 bits per heavy atom. The standard InChI is InChI=1S/C12H26N2O3/c1-13-7-11-3-4-14(8-11)9-12(15)10-17-6-5-16-2/h11-13,15H,3-10H2,1-2H3. The molecule has 0 radical (unpaired) electrons. The van der Waals surface area contributed by atoms with Gasteiger partial charge < -0.3 is 24.8 Å². The van der Waals surface area contributed by atoms with Crippen LogP contribution in [0, 0.1) is 5.92 Å². The van der Waals surface area contributed by atoms with Crippen LogP contribution in [0.15, 0.2) is 0 Å². The van der Waals surface area contributed by atoms with Crippen LogP contribution >= 0.6 is 0 Å². The minimum Gasteiger partial charge on any atom is -0.389 e. The maximum absolute atomic E-state index is 9.80. The molecule has 1 fully saturated rings. The lowest BCUT2D eigenvalue weighted by Gasteiger charge is -2.20. The second-order valence-corrected chi connectivity index (χ2v) is 4.69. The van der Waals surface area contributed by atoms with Gasteiger partial charge in [-0.15, -0.1) is 0 Å². The van der Waals surface area contributed by atoms with Gasteiger partial charge in [0.05, 0.1) is 25.9 Å². The monoisotopic (exact) mass is 246 g/mol. The Kier molecular flexibility index (Phi) is 7.72. The second-order valence-electron chi connectivity index (χ2n) is 4.69. The number of nitrogens with one attached hydrogen (secondary N) is 1. The first-order chi connectivity index (χ1) is 8.26. The summed E-state index contributed by atoms with van der Waals surface area (Å²) in [6.45, 7) is 5.48. The Balaban J connectivity index is 2.04. The molecule has 0 amide bonds. The molecule has 2 unspecified atom stereocenters. The Bertz CT molecular complexity index is 193. The summed E-state index contributed by atoms with van der Waals surface area (Å²) in [6.07, 6.45) is 0.832. The Morgan fingerprint density at radius 2 is 2.29 bits per heavy atom. The van der Waals surface area contributed by atoms with Gasteiger partial charge in [-0.05, 0) is 32.5 Å². The summed E-state index contributed by atoms with van der Waals surface area (Å²) in [7, 11) is 3.63. The molecule has 17 heavy (non-hydrogen) atoms. The van der Waals surface area contributed by atoms with Crippen LogP contribution in [0.1, 0.15) is 6.42 Å². The van der Waals surface area contributed by atoms with E-state index in [-0.39, 0.29) is 6.10 Å². The third-order valence-electron chi connectivity index (χ3n) is 3.07. The van der Waals surface area contributed by atoms with E-state index < -0.39 is 0 Å². The van der Waals surface area contributed by atoms with E-state index in [1.54, 1.807) is 7.11 Å². The van der Waals surface area contributed by atoms with E-state index in [2.05, 4.69) is 10.2 Å². The molecule has 1 heterocycles. The van der Waals surface area contributed by atoms with E-state index in [1.165, 1.54) is 6.42 Å². The zero-order chi connectivity index (χ0) is 12.5. The van der Waals surface area contributed by atoms with Crippen molar-refractivity contribution in [1.82, 2.24) is 10.2 Å². The molecule has 2 atom stereocenters. The fourth-order valence-corrected chi connectivity index (χ4v) is 2.25. The number of hydrogen-bond donors (Lipinski definition) is 2. The summed E-state index contributed by atoms with van der Waals surface area (Å²) < 4.78 is 10.2. The molecule has 102 valence electrons. The number of likely N-dealkylation sites (tertiary alicyclic amines) is 1. The molecule has 1 saturated heterocycles. The quantitative estimate of drug-likeness (QED) is 0.540. The fourth-order valence-electron chi connectivity index (χ4n) is 2.25. The summed E-state index contributed by atoms with van der Waals surface area (Å²) in [5.41, 5.74) is 0. The van der Waals surface area contributed by atoms with Gasteiger partial charge in [0.15, 0.2) is 0 Å². The van der Waals surface area contributed by atoms with Crippen LogP contribution < -0.4 is 5.32 Å². The van der Waals surface area contributed by atoms with Crippen LogP contribution in [0.3, 0.4) is 0 Å². The number of aliphatic hydroxyl groups excluding tert-OH is 1. The number of methoxy groups -OCH3 is 1. The lowest BCUT2D eigenvalue weighted by Crippen LogP contribution is -2.34. The predicted octanol–water partition coefficient (Wildman–Crippen LogP) is -0.448. The van der Waals surface area contributed by atoms with Gasteiger partial charge in [0.2, 0.25) is 0 Å². The average Bonchev–Trinajstić information content (AvgIpc) is 2.73. The van der Waals surface area contributed by atoms with Crippen LogP contribution in [-0.4, -0.2) is 76.3 Å². The molecule has 0 saturated carbocycles. The SMILES string of the molecule is CNCC1CCN(CC(O)COCCOC)C1. The number of β-amino-alcohol motifs (C(OH)–C–C–N with tert-alkyl or cyclic N) is 1. The van der Waals surface area contributed by atoms with Crippen molar-refractivity contribution in [3.8, 4) is 0 Å². The zero-order valence-corrected chi connectivity index (χ0v) is 11.0. The van der Waals surface area contributed by atoms with Gasteiger partial charge in [-0.25, -0.2) is 0 Å². The molecule has 0 aromatic heterocycles. The molecule has 5 nitrogen and oxygen atoms in total. The first kappa shape index (κ1) is 14.9. The molecule has 0 aromatic rings. The predicted molar refractivity (Wildman–Crippen MR) is 67.2 cm³/mol. The highest BCUT2D eigenvalue weighted by atomic mass is 16.5. The molecule has 0 spiro atoms. The average molecular weight is 246 g/mol. The highest BCUT2D eigenvalue weighted by molar-refractivity contribution is 4.78. The van der Waals surface area contributed by atoms with Crippen LogP contribution in [0.4, 0.5) is 0 Å². The molecule has 1 aliphatic heterocycles. The summed E-state index contributed by atoms with van der Waals surface area (Å²) in [6, 6.07) is 0. The van der Waals surface area contributed by atoms with Gasteiger partial charge in [-0.3, -0.25) is 0 Å². The molecule has 1 aliphatic rings. The maximum atomic E-state index is 9.80. The summed E-state index contributed by atoms with van der Waals surface area (Å²) in [4.78, 5) is 2.31. The summed E-state index contributed by atoms with van der Waals surface area (Å²) >= 11 is 0. The van der Waals surface area contributed by atoms with Gasteiger partial charge in [-0.2, -0.15) is 0 Å². The van der Waals surface area contributed by atoms with Gasteiger partial charge in [0.1, 0.15) is 0 Å². The molecule has 0 aromatic carbocycles. The Morgan fingerprint density at radius 1 is 1.47 bits per heavy atom. The summed E-state index contributed by atoms with van der Waals surface area (Å²) in [5, 5.41) is 13.0. The lowest BCUT2D eigenvalue weighted by atomic mass is 10.1. The molecule has 0 bridgehead atoms. The Labute approximate surface area is 104 Å². The summed E-state index contributed by atoms with van der Waals surface area (Å²) in [5.74, 6) is 0.724. The van der Waals surface area contributed by atoms with Gasteiger partial charge in [-0.1, -0.05) is 0 Å². The van der Waals surface area contributed by atoms with E-state index in [4.69, 9.17) is 9.47 Å². The van der Waals surface area contributed by atoms with E-state index in [1.807, 2.05) is 7.05 Å². The third-order valence-corrected chi connectivity index (χ3v) is 3.07. The topological polar surface area (TPSA) is 54.0 Å². The van der Waals surface area contributed by atoms with E-state index in [0.717, 1.165) is 25.6 Å². The first-order valence-corrected chi connectivity index (χ1v) is 6.38. The van der Waals surface area contributed by atoms with E-state index >= 15 is 0 Å². The van der Waals surface area contributed by atoms with Gasteiger partial charge >= 0.3 is 0 Å². The number of rotatable bonds is 9. The van der Waals surface area contributed by atoms with Crippen LogP contribution in [0.25, 0.3) is 0 Å². The zero-order valence-electron chi connectivity index (χ0n) is 11.0. The molecular formula is C12H26N2O3. The maximum Gasteiger partial charge on any atom is 0.0900 e. The minimum atomic E-state index is -0.389. The van der Waals surface area contributed by atoms with Crippen molar-refractivity contribution in [2.45, 2.75) is 12.5 Å². The number of ether oxygens (including phenoxy) is 2. The first-order valence-electron chi connectivity index (χ1n) is 6.38. The highest BCUT2D eigenvalue weighted by Crippen LogP contribution is 2.15. The van der Waals surface area contributed by atoms with E-state index in [9.17, 15) is 5.11 Å². The van der Waals surface area contributed by atoms with Crippen molar-refractivity contribution in [2.24, 2.45) is 5.92 Å². The Hall–Kier alpha value is -0.200. The van der Waals surface area contributed by atoms with Crippen LogP contribution in [0.2, 0.25) is 0 Å². The van der Waals surface area contributed by atoms with Crippen molar-refractivity contribution in [3.63, 3.8) is 0 Å². The second kappa shape index (κ2) is 8.83. The molecule has 0 aliphatic carbocycles. The van der Waals surface area contributed by atoms with Crippen LogP contribution in [-0.2, 0) is 9.47 Å². The molecule has 1 rings (SSSR count).